The molecule has 40 heavy (non-hydrogen) atoms. The van der Waals surface area contributed by atoms with Gasteiger partial charge in [-0.1, -0.05) is 56.3 Å². The first kappa shape index (κ1) is 29.7. The number of ether oxygens (including phenoxy) is 1. The van der Waals surface area contributed by atoms with Crippen molar-refractivity contribution in [3.63, 3.8) is 0 Å². The monoisotopic (exact) mass is 562 g/mol. The number of thiazole rings is 1. The highest BCUT2D eigenvalue weighted by atomic mass is 32.1. The lowest BCUT2D eigenvalue weighted by Gasteiger charge is -2.31. The van der Waals surface area contributed by atoms with Crippen LogP contribution in [0.1, 0.15) is 56.4 Å². The Morgan fingerprint density at radius 2 is 1.70 bits per heavy atom. The lowest BCUT2D eigenvalue weighted by Crippen LogP contribution is -2.55. The van der Waals surface area contributed by atoms with Crippen LogP contribution >= 0.6 is 11.3 Å². The maximum atomic E-state index is 13.7. The molecule has 3 aromatic rings. The first-order chi connectivity index (χ1) is 19.5. The summed E-state index contributed by atoms with van der Waals surface area (Å²) in [5.74, 6) is 1.14. The quantitative estimate of drug-likeness (QED) is 0.289. The Morgan fingerprint density at radius 3 is 2.38 bits per heavy atom. The number of likely N-dealkylation sites (tertiary alicyclic amines) is 1. The molecule has 7 nitrogen and oxygen atoms in total. The number of aromatic nitrogens is 1. The molecule has 8 heteroatoms. The van der Waals surface area contributed by atoms with Gasteiger partial charge in [-0.05, 0) is 61.4 Å². The Balaban J connectivity index is 1.44. The zero-order valence-electron chi connectivity index (χ0n) is 23.7. The van der Waals surface area contributed by atoms with Gasteiger partial charge in [-0.2, -0.15) is 0 Å². The van der Waals surface area contributed by atoms with Gasteiger partial charge in [0.1, 0.15) is 18.4 Å². The Labute approximate surface area is 242 Å². The van der Waals surface area contributed by atoms with Crippen LogP contribution in [0.4, 0.5) is 0 Å². The molecule has 2 atom stereocenters. The number of piperidine rings is 1. The number of nitrogens with one attached hydrogen (secondary N) is 2. The highest BCUT2D eigenvalue weighted by Gasteiger charge is 2.30. The lowest BCUT2D eigenvalue weighted by atomic mass is 10.0. The summed E-state index contributed by atoms with van der Waals surface area (Å²) in [6, 6.07) is 16.8. The molecule has 0 aliphatic carbocycles. The van der Waals surface area contributed by atoms with Crippen LogP contribution in [0.3, 0.4) is 0 Å². The number of benzene rings is 2. The van der Waals surface area contributed by atoms with Gasteiger partial charge in [0.15, 0.2) is 0 Å². The third-order valence-electron chi connectivity index (χ3n) is 7.22. The molecule has 1 fully saturated rings. The molecule has 2 N–H and O–H groups in total. The summed E-state index contributed by atoms with van der Waals surface area (Å²) in [7, 11) is 0. The van der Waals surface area contributed by atoms with E-state index in [0.717, 1.165) is 67.9 Å². The molecule has 0 bridgehead atoms. The van der Waals surface area contributed by atoms with E-state index in [-0.39, 0.29) is 11.8 Å². The number of amides is 2. The maximum absolute atomic E-state index is 13.7. The first-order valence-electron chi connectivity index (χ1n) is 14.4. The molecule has 0 saturated carbocycles. The summed E-state index contributed by atoms with van der Waals surface area (Å²) >= 11 is 1.52. The van der Waals surface area contributed by atoms with E-state index in [9.17, 15) is 9.59 Å². The highest BCUT2D eigenvalue weighted by molar-refractivity contribution is 7.07. The van der Waals surface area contributed by atoms with Gasteiger partial charge in [-0.3, -0.25) is 9.59 Å². The minimum Gasteiger partial charge on any atom is -0.489 e. The predicted molar refractivity (Wildman–Crippen MR) is 160 cm³/mol. The number of rotatable bonds is 14. The minimum absolute atomic E-state index is 0.00737. The SMILES string of the molecule is CC(C)CCNC(Cc1cscn1)C(=O)NC(Cc1ccc(OCc2ccccc2)cc1)C(=O)N1CCCCC1. The topological polar surface area (TPSA) is 83.6 Å². The predicted octanol–water partition coefficient (Wildman–Crippen LogP) is 5.01. The number of nitrogens with zero attached hydrogens (tertiary/aromatic N) is 2. The molecule has 214 valence electrons. The second-order valence-electron chi connectivity index (χ2n) is 10.9. The summed E-state index contributed by atoms with van der Waals surface area (Å²) in [6.07, 6.45) is 5.03. The van der Waals surface area contributed by atoms with Crippen molar-refractivity contribution >= 4 is 23.2 Å². The fourth-order valence-corrected chi connectivity index (χ4v) is 5.43. The van der Waals surface area contributed by atoms with E-state index in [4.69, 9.17) is 4.74 Å². The standard InChI is InChI=1S/C32H42N4O3S/c1-24(2)15-16-33-29(20-27-22-40-23-34-27)31(37)35-30(32(38)36-17-7-4-8-18-36)19-25-11-13-28(14-12-25)39-21-26-9-5-3-6-10-26/h3,5-6,9-14,22-24,29-30,33H,4,7-8,15-21H2,1-2H3,(H,35,37). The molecule has 4 rings (SSSR count). The van der Waals surface area contributed by atoms with E-state index in [2.05, 4.69) is 29.5 Å². The van der Waals surface area contributed by atoms with Crippen molar-refractivity contribution in [3.05, 3.63) is 82.3 Å². The van der Waals surface area contributed by atoms with Crippen LogP contribution in [0.25, 0.3) is 0 Å². The second-order valence-corrected chi connectivity index (χ2v) is 11.7. The van der Waals surface area contributed by atoms with Crippen LogP contribution in [0.2, 0.25) is 0 Å². The van der Waals surface area contributed by atoms with Gasteiger partial charge >= 0.3 is 0 Å². The maximum Gasteiger partial charge on any atom is 0.245 e. The van der Waals surface area contributed by atoms with Crippen LogP contribution in [0.5, 0.6) is 5.75 Å². The Hall–Kier alpha value is -3.23. The summed E-state index contributed by atoms with van der Waals surface area (Å²) in [5.41, 5.74) is 4.75. The van der Waals surface area contributed by atoms with Gasteiger partial charge in [0.2, 0.25) is 11.8 Å². The molecule has 0 spiro atoms. The molecule has 1 aliphatic rings. The molecule has 2 heterocycles. The van der Waals surface area contributed by atoms with E-state index < -0.39 is 12.1 Å². The van der Waals surface area contributed by atoms with Crippen LogP contribution in [0, 0.1) is 5.92 Å². The third-order valence-corrected chi connectivity index (χ3v) is 7.85. The summed E-state index contributed by atoms with van der Waals surface area (Å²) in [5, 5.41) is 8.52. The largest absolute Gasteiger partial charge is 0.489 e. The molecular weight excluding hydrogens is 520 g/mol. The number of hydrogen-bond acceptors (Lipinski definition) is 6. The van der Waals surface area contributed by atoms with E-state index in [1.807, 2.05) is 64.9 Å². The molecule has 1 aliphatic heterocycles. The van der Waals surface area contributed by atoms with E-state index >= 15 is 0 Å². The van der Waals surface area contributed by atoms with Crippen molar-refractivity contribution in [2.45, 2.75) is 71.1 Å². The fourth-order valence-electron chi connectivity index (χ4n) is 4.86. The van der Waals surface area contributed by atoms with E-state index in [1.165, 1.54) is 11.3 Å². The highest BCUT2D eigenvalue weighted by Crippen LogP contribution is 2.18. The Kier molecular flexibility index (Phi) is 11.5. The molecule has 0 radical (unpaired) electrons. The summed E-state index contributed by atoms with van der Waals surface area (Å²) in [6.45, 7) is 7.05. The molecular formula is C32H42N4O3S. The first-order valence-corrected chi connectivity index (χ1v) is 15.4. The molecule has 2 unspecified atom stereocenters. The Bertz CT molecular complexity index is 1160. The molecule has 2 aromatic carbocycles. The fraction of sp³-hybridized carbons (Fsp3) is 0.469. The van der Waals surface area contributed by atoms with E-state index in [1.54, 1.807) is 5.51 Å². The molecule has 1 aromatic heterocycles. The average Bonchev–Trinajstić information content (AvgIpc) is 3.49. The third kappa shape index (κ3) is 9.45. The minimum atomic E-state index is -0.633. The van der Waals surface area contributed by atoms with Crippen molar-refractivity contribution in [1.82, 2.24) is 20.5 Å². The Morgan fingerprint density at radius 1 is 0.950 bits per heavy atom. The van der Waals surface area contributed by atoms with Crippen LogP contribution in [-0.4, -0.2) is 53.4 Å². The zero-order chi connectivity index (χ0) is 28.2. The van der Waals surface area contributed by atoms with Crippen LogP contribution < -0.4 is 15.4 Å². The van der Waals surface area contributed by atoms with Gasteiger partial charge in [-0.25, -0.2) is 4.98 Å². The van der Waals surface area contributed by atoms with Crippen LogP contribution in [-0.2, 0) is 29.0 Å². The van der Waals surface area contributed by atoms with Crippen molar-refractivity contribution in [2.24, 2.45) is 5.92 Å². The second kappa shape index (κ2) is 15.5. The summed E-state index contributed by atoms with van der Waals surface area (Å²) < 4.78 is 5.94. The average molecular weight is 563 g/mol. The lowest BCUT2D eigenvalue weighted by molar-refractivity contribution is -0.137. The van der Waals surface area contributed by atoms with Crippen LogP contribution in [0.15, 0.2) is 65.5 Å². The molecule has 1 saturated heterocycles. The summed E-state index contributed by atoms with van der Waals surface area (Å²) in [4.78, 5) is 33.6. The van der Waals surface area contributed by atoms with Gasteiger partial charge in [-0.15, -0.1) is 11.3 Å². The van der Waals surface area contributed by atoms with Gasteiger partial charge in [0, 0.05) is 31.3 Å². The number of hydrogen-bond donors (Lipinski definition) is 2. The number of carbonyl (C=O) groups excluding carboxylic acids is 2. The number of carbonyl (C=O) groups is 2. The van der Waals surface area contributed by atoms with Crippen molar-refractivity contribution in [2.75, 3.05) is 19.6 Å². The van der Waals surface area contributed by atoms with Gasteiger partial charge < -0.3 is 20.3 Å². The van der Waals surface area contributed by atoms with E-state index in [0.29, 0.717) is 25.4 Å². The van der Waals surface area contributed by atoms with Crippen molar-refractivity contribution in [1.29, 1.82) is 0 Å². The molecule has 2 amide bonds. The van der Waals surface area contributed by atoms with Gasteiger partial charge in [0.25, 0.3) is 0 Å². The zero-order valence-corrected chi connectivity index (χ0v) is 24.5. The van der Waals surface area contributed by atoms with Gasteiger partial charge in [0.05, 0.1) is 17.2 Å². The normalized spacial score (nSPS) is 15.0. The van der Waals surface area contributed by atoms with Crippen molar-refractivity contribution < 1.29 is 14.3 Å². The smallest absolute Gasteiger partial charge is 0.245 e. The van der Waals surface area contributed by atoms with Crippen molar-refractivity contribution in [3.8, 4) is 5.75 Å².